The highest BCUT2D eigenvalue weighted by Gasteiger charge is 2.16. The van der Waals surface area contributed by atoms with Gasteiger partial charge in [0.05, 0.1) is 11.8 Å². The van der Waals surface area contributed by atoms with E-state index in [-0.39, 0.29) is 0 Å². The zero-order chi connectivity index (χ0) is 15.9. The zero-order valence-electron chi connectivity index (χ0n) is 13.1. The van der Waals surface area contributed by atoms with Gasteiger partial charge in [-0.2, -0.15) is 5.26 Å². The summed E-state index contributed by atoms with van der Waals surface area (Å²) >= 11 is 3.69. The Balaban J connectivity index is 1.92. The number of nitrogens with zero attached hydrogens (tertiary/aromatic N) is 3. The van der Waals surface area contributed by atoms with Gasteiger partial charge in [0, 0.05) is 49.3 Å². The van der Waals surface area contributed by atoms with Crippen molar-refractivity contribution >= 4 is 27.3 Å². The van der Waals surface area contributed by atoms with E-state index in [1.165, 1.54) is 5.69 Å². The van der Waals surface area contributed by atoms with Crippen LogP contribution in [0.1, 0.15) is 12.8 Å². The molecule has 1 heterocycles. The molecule has 1 aromatic rings. The number of hydrogen-bond donors (Lipinski definition) is 1. The predicted molar refractivity (Wildman–Crippen MR) is 96.3 cm³/mol. The van der Waals surface area contributed by atoms with Crippen molar-refractivity contribution < 1.29 is 0 Å². The van der Waals surface area contributed by atoms with E-state index in [1.54, 1.807) is 0 Å². The maximum atomic E-state index is 8.58. The Kier molecular flexibility index (Phi) is 6.29. The van der Waals surface area contributed by atoms with Crippen molar-refractivity contribution in [2.45, 2.75) is 12.8 Å². The van der Waals surface area contributed by atoms with E-state index < -0.39 is 0 Å². The van der Waals surface area contributed by atoms with E-state index in [2.05, 4.69) is 68.9 Å². The normalized spacial score (nSPS) is 15.4. The van der Waals surface area contributed by atoms with Crippen LogP contribution in [-0.4, -0.2) is 44.7 Å². The molecule has 5 heteroatoms. The summed E-state index contributed by atoms with van der Waals surface area (Å²) in [5, 5.41) is 11.9. The fraction of sp³-hybridized carbons (Fsp3) is 0.471. The lowest BCUT2D eigenvalue weighted by Gasteiger charge is -2.34. The second-order valence-corrected chi connectivity index (χ2v) is 6.57. The quantitative estimate of drug-likeness (QED) is 0.786. The summed E-state index contributed by atoms with van der Waals surface area (Å²) in [6, 6.07) is 8.53. The molecule has 0 aliphatic carbocycles. The van der Waals surface area contributed by atoms with Crippen LogP contribution in [0.2, 0.25) is 0 Å². The number of benzene rings is 1. The summed E-state index contributed by atoms with van der Waals surface area (Å²) in [5.41, 5.74) is 3.38. The van der Waals surface area contributed by atoms with Crippen molar-refractivity contribution in [3.05, 3.63) is 34.8 Å². The molecule has 0 atom stereocenters. The van der Waals surface area contributed by atoms with Gasteiger partial charge in [-0.25, -0.2) is 0 Å². The molecule has 1 aromatic carbocycles. The predicted octanol–water partition coefficient (Wildman–Crippen LogP) is 3.47. The lowest BCUT2D eigenvalue weighted by molar-refractivity contribution is 0.312. The van der Waals surface area contributed by atoms with Gasteiger partial charge in [-0.1, -0.05) is 12.2 Å². The summed E-state index contributed by atoms with van der Waals surface area (Å²) in [7, 11) is 2.17. The number of halogens is 1. The van der Waals surface area contributed by atoms with E-state index in [0.29, 0.717) is 13.0 Å². The number of rotatable bonds is 6. The lowest BCUT2D eigenvalue weighted by atomic mass is 10.1. The van der Waals surface area contributed by atoms with Crippen molar-refractivity contribution in [1.29, 1.82) is 5.26 Å². The number of anilines is 2. The summed E-state index contributed by atoms with van der Waals surface area (Å²) in [6.07, 6.45) is 1.29. The lowest BCUT2D eigenvalue weighted by Crippen LogP contribution is -2.44. The molecule has 1 N–H and O–H groups in total. The van der Waals surface area contributed by atoms with Crippen LogP contribution in [0.5, 0.6) is 0 Å². The molecule has 1 saturated heterocycles. The van der Waals surface area contributed by atoms with E-state index in [0.717, 1.165) is 48.3 Å². The highest BCUT2D eigenvalue weighted by Crippen LogP contribution is 2.30. The van der Waals surface area contributed by atoms with Crippen molar-refractivity contribution in [2.75, 3.05) is 50.0 Å². The van der Waals surface area contributed by atoms with Crippen molar-refractivity contribution in [1.82, 2.24) is 4.90 Å². The maximum Gasteiger partial charge on any atom is 0.0625 e. The number of hydrogen-bond acceptors (Lipinski definition) is 4. The molecule has 0 radical (unpaired) electrons. The molecule has 1 aliphatic heterocycles. The molecule has 22 heavy (non-hydrogen) atoms. The van der Waals surface area contributed by atoms with Gasteiger partial charge in [-0.05, 0) is 47.6 Å². The zero-order valence-corrected chi connectivity index (χ0v) is 14.7. The molecule has 1 aliphatic rings. The monoisotopic (exact) mass is 362 g/mol. The third-order valence-corrected chi connectivity index (χ3v) is 4.56. The van der Waals surface area contributed by atoms with Gasteiger partial charge in [0.1, 0.15) is 0 Å². The first-order chi connectivity index (χ1) is 10.6. The third-order valence-electron chi connectivity index (χ3n) is 3.92. The Hall–Kier alpha value is -1.51. The molecule has 0 amide bonds. The molecule has 1 fully saturated rings. The molecular formula is C17H23BrN4. The average molecular weight is 363 g/mol. The van der Waals surface area contributed by atoms with Gasteiger partial charge in [-0.15, -0.1) is 0 Å². The smallest absolute Gasteiger partial charge is 0.0625 e. The van der Waals surface area contributed by atoms with Crippen molar-refractivity contribution in [2.24, 2.45) is 0 Å². The summed E-state index contributed by atoms with van der Waals surface area (Å²) < 4.78 is 1.12. The maximum absolute atomic E-state index is 8.58. The fourth-order valence-corrected chi connectivity index (χ4v) is 3.10. The van der Waals surface area contributed by atoms with E-state index in [1.807, 2.05) is 0 Å². The van der Waals surface area contributed by atoms with Crippen LogP contribution >= 0.6 is 15.9 Å². The second-order valence-electron chi connectivity index (χ2n) is 5.72. The summed E-state index contributed by atoms with van der Waals surface area (Å²) in [5.74, 6) is 0. The minimum absolute atomic E-state index is 0.534. The number of likely N-dealkylation sites (N-methyl/N-ethyl adjacent to an activating group) is 1. The Morgan fingerprint density at radius 2 is 2.09 bits per heavy atom. The highest BCUT2D eigenvalue weighted by molar-refractivity contribution is 9.10. The molecule has 0 bridgehead atoms. The van der Waals surface area contributed by atoms with Gasteiger partial charge in [0.2, 0.25) is 0 Å². The summed E-state index contributed by atoms with van der Waals surface area (Å²) in [6.45, 7) is 9.03. The van der Waals surface area contributed by atoms with Crippen LogP contribution in [0.3, 0.4) is 0 Å². The average Bonchev–Trinajstić information content (AvgIpc) is 2.52. The number of nitriles is 1. The SMILES string of the molecule is C=C(CCC#N)CNc1ccc(N2CCN(C)CC2)c(Br)c1. The minimum atomic E-state index is 0.534. The van der Waals surface area contributed by atoms with Gasteiger partial charge >= 0.3 is 0 Å². The van der Waals surface area contributed by atoms with Crippen LogP contribution in [0.25, 0.3) is 0 Å². The molecule has 0 aromatic heterocycles. The first-order valence-electron chi connectivity index (χ1n) is 7.60. The van der Waals surface area contributed by atoms with Crippen molar-refractivity contribution in [3.63, 3.8) is 0 Å². The third kappa shape index (κ3) is 4.75. The Morgan fingerprint density at radius 3 is 2.73 bits per heavy atom. The van der Waals surface area contributed by atoms with Crippen LogP contribution in [0, 0.1) is 11.3 Å². The largest absolute Gasteiger partial charge is 0.381 e. The first-order valence-corrected chi connectivity index (χ1v) is 8.40. The van der Waals surface area contributed by atoms with Crippen LogP contribution in [0.4, 0.5) is 11.4 Å². The molecular weight excluding hydrogens is 340 g/mol. The molecule has 4 nitrogen and oxygen atoms in total. The van der Waals surface area contributed by atoms with Gasteiger partial charge in [0.25, 0.3) is 0 Å². The van der Waals surface area contributed by atoms with E-state index >= 15 is 0 Å². The minimum Gasteiger partial charge on any atom is -0.381 e. The molecule has 0 spiro atoms. The fourth-order valence-electron chi connectivity index (χ4n) is 2.47. The molecule has 0 unspecified atom stereocenters. The van der Waals surface area contributed by atoms with E-state index in [4.69, 9.17) is 5.26 Å². The molecule has 2 rings (SSSR count). The molecule has 0 saturated carbocycles. The first kappa shape index (κ1) is 16.9. The number of nitrogens with one attached hydrogen (secondary N) is 1. The highest BCUT2D eigenvalue weighted by atomic mass is 79.9. The Bertz CT molecular complexity index is 556. The van der Waals surface area contributed by atoms with Crippen LogP contribution in [0.15, 0.2) is 34.8 Å². The topological polar surface area (TPSA) is 42.3 Å². The Labute approximate surface area is 141 Å². The molecule has 118 valence electrons. The number of piperazine rings is 1. The van der Waals surface area contributed by atoms with Gasteiger partial charge < -0.3 is 15.1 Å². The van der Waals surface area contributed by atoms with Crippen LogP contribution < -0.4 is 10.2 Å². The van der Waals surface area contributed by atoms with Crippen molar-refractivity contribution in [3.8, 4) is 6.07 Å². The summed E-state index contributed by atoms with van der Waals surface area (Å²) in [4.78, 5) is 4.77. The van der Waals surface area contributed by atoms with Crippen LogP contribution in [-0.2, 0) is 0 Å². The second kappa shape index (κ2) is 8.21. The standard InChI is InChI=1S/C17H23BrN4/c1-14(4-3-7-19)13-20-15-5-6-17(16(18)12-15)22-10-8-21(2)9-11-22/h5-6,12,20H,1,3-4,8-11,13H2,2H3. The van der Waals surface area contributed by atoms with Gasteiger partial charge in [0.15, 0.2) is 0 Å². The van der Waals surface area contributed by atoms with E-state index in [9.17, 15) is 0 Å². The Morgan fingerprint density at radius 1 is 1.36 bits per heavy atom. The van der Waals surface area contributed by atoms with Gasteiger partial charge in [-0.3, -0.25) is 0 Å².